The van der Waals surface area contributed by atoms with Gasteiger partial charge in [0.15, 0.2) is 0 Å². The Labute approximate surface area is 128 Å². The van der Waals surface area contributed by atoms with Crippen LogP contribution in [0.3, 0.4) is 0 Å². The summed E-state index contributed by atoms with van der Waals surface area (Å²) >= 11 is 1.29. The van der Waals surface area contributed by atoms with E-state index in [2.05, 4.69) is 10.3 Å². The SMILES string of the molecule is COC(=O)C(CC(C)C)NC(=O)CSc1ccc(N)cn1. The van der Waals surface area contributed by atoms with E-state index in [1.807, 2.05) is 13.8 Å². The molecule has 6 nitrogen and oxygen atoms in total. The molecule has 3 N–H and O–H groups in total. The molecule has 0 aromatic carbocycles. The van der Waals surface area contributed by atoms with E-state index in [-0.39, 0.29) is 17.6 Å². The van der Waals surface area contributed by atoms with Crippen LogP contribution >= 0.6 is 11.8 Å². The molecule has 1 aromatic heterocycles. The van der Waals surface area contributed by atoms with Gasteiger partial charge in [-0.15, -0.1) is 0 Å². The van der Waals surface area contributed by atoms with Gasteiger partial charge in [0.1, 0.15) is 6.04 Å². The van der Waals surface area contributed by atoms with Crippen LogP contribution in [-0.2, 0) is 14.3 Å². The lowest BCUT2D eigenvalue weighted by atomic mass is 10.0. The topological polar surface area (TPSA) is 94.3 Å². The Hall–Kier alpha value is -1.76. The highest BCUT2D eigenvalue weighted by Gasteiger charge is 2.22. The fourth-order valence-electron chi connectivity index (χ4n) is 1.68. The Morgan fingerprint density at radius 1 is 1.43 bits per heavy atom. The molecule has 1 aromatic rings. The smallest absolute Gasteiger partial charge is 0.328 e. The van der Waals surface area contributed by atoms with E-state index in [9.17, 15) is 9.59 Å². The van der Waals surface area contributed by atoms with Gasteiger partial charge in [0.25, 0.3) is 0 Å². The number of nitrogen functional groups attached to an aromatic ring is 1. The molecule has 116 valence electrons. The predicted molar refractivity (Wildman–Crippen MR) is 82.8 cm³/mol. The summed E-state index contributed by atoms with van der Waals surface area (Å²) in [6.45, 7) is 3.96. The number of amides is 1. The largest absolute Gasteiger partial charge is 0.467 e. The second-order valence-electron chi connectivity index (χ2n) is 4.99. The summed E-state index contributed by atoms with van der Waals surface area (Å²) in [4.78, 5) is 27.6. The summed E-state index contributed by atoms with van der Waals surface area (Å²) in [6.07, 6.45) is 2.08. The maximum Gasteiger partial charge on any atom is 0.328 e. The minimum atomic E-state index is -0.609. The lowest BCUT2D eigenvalue weighted by molar-refractivity contribution is -0.145. The Bertz CT molecular complexity index is 477. The van der Waals surface area contributed by atoms with Crippen LogP contribution in [0.25, 0.3) is 0 Å². The average Bonchev–Trinajstić information content (AvgIpc) is 2.44. The molecule has 0 aliphatic carbocycles. The van der Waals surface area contributed by atoms with Crippen LogP contribution in [0, 0.1) is 5.92 Å². The van der Waals surface area contributed by atoms with Crippen LogP contribution < -0.4 is 11.1 Å². The van der Waals surface area contributed by atoms with Crippen molar-refractivity contribution in [3.8, 4) is 0 Å². The minimum absolute atomic E-state index is 0.183. The zero-order valence-electron chi connectivity index (χ0n) is 12.5. The maximum atomic E-state index is 11.9. The van der Waals surface area contributed by atoms with Crippen LogP contribution in [0.5, 0.6) is 0 Å². The fraction of sp³-hybridized carbons (Fsp3) is 0.500. The predicted octanol–water partition coefficient (Wildman–Crippen LogP) is 1.46. The normalized spacial score (nSPS) is 12.0. The molecular weight excluding hydrogens is 290 g/mol. The number of anilines is 1. The van der Waals surface area contributed by atoms with Crippen LogP contribution in [0.4, 0.5) is 5.69 Å². The van der Waals surface area contributed by atoms with Crippen LogP contribution in [-0.4, -0.2) is 35.8 Å². The number of hydrogen-bond donors (Lipinski definition) is 2. The van der Waals surface area contributed by atoms with Gasteiger partial charge in [-0.2, -0.15) is 0 Å². The van der Waals surface area contributed by atoms with E-state index in [1.54, 1.807) is 12.1 Å². The number of nitrogens with two attached hydrogens (primary N) is 1. The molecule has 0 aliphatic heterocycles. The molecule has 0 fully saturated rings. The second kappa shape index (κ2) is 8.51. The summed E-state index contributed by atoms with van der Waals surface area (Å²) in [5.41, 5.74) is 6.12. The third-order valence-corrected chi connectivity index (χ3v) is 3.58. The van der Waals surface area contributed by atoms with Crippen molar-refractivity contribution in [2.24, 2.45) is 5.92 Å². The first-order valence-electron chi connectivity index (χ1n) is 6.64. The number of rotatable bonds is 7. The van der Waals surface area contributed by atoms with E-state index in [1.165, 1.54) is 25.1 Å². The van der Waals surface area contributed by atoms with Crippen LogP contribution in [0.2, 0.25) is 0 Å². The monoisotopic (exact) mass is 311 g/mol. The van der Waals surface area contributed by atoms with Crippen molar-refractivity contribution >= 4 is 29.3 Å². The summed E-state index contributed by atoms with van der Waals surface area (Å²) in [7, 11) is 1.31. The first-order valence-corrected chi connectivity index (χ1v) is 7.62. The molecule has 1 unspecified atom stereocenters. The van der Waals surface area contributed by atoms with Crippen molar-refractivity contribution in [3.63, 3.8) is 0 Å². The van der Waals surface area contributed by atoms with Gasteiger partial charge in [0.05, 0.1) is 29.8 Å². The number of hydrogen-bond acceptors (Lipinski definition) is 6. The van der Waals surface area contributed by atoms with Crippen molar-refractivity contribution in [1.29, 1.82) is 0 Å². The minimum Gasteiger partial charge on any atom is -0.467 e. The highest BCUT2D eigenvalue weighted by atomic mass is 32.2. The molecule has 1 amide bonds. The number of methoxy groups -OCH3 is 1. The number of esters is 1. The molecule has 0 saturated heterocycles. The molecule has 0 spiro atoms. The van der Waals surface area contributed by atoms with Crippen molar-refractivity contribution in [3.05, 3.63) is 18.3 Å². The lowest BCUT2D eigenvalue weighted by Crippen LogP contribution is -2.43. The quantitative estimate of drug-likeness (QED) is 0.585. The molecule has 0 saturated carbocycles. The summed E-state index contributed by atoms with van der Waals surface area (Å²) < 4.78 is 4.70. The van der Waals surface area contributed by atoms with Gasteiger partial charge in [-0.1, -0.05) is 25.6 Å². The highest BCUT2D eigenvalue weighted by Crippen LogP contribution is 2.15. The van der Waals surface area contributed by atoms with Gasteiger partial charge in [0.2, 0.25) is 5.91 Å². The number of carbonyl (C=O) groups excluding carboxylic acids is 2. The zero-order chi connectivity index (χ0) is 15.8. The first-order chi connectivity index (χ1) is 9.92. The Balaban J connectivity index is 2.49. The van der Waals surface area contributed by atoms with Crippen molar-refractivity contribution < 1.29 is 14.3 Å². The third kappa shape index (κ3) is 6.48. The Morgan fingerprint density at radius 3 is 2.67 bits per heavy atom. The summed E-state index contributed by atoms with van der Waals surface area (Å²) in [6, 6.07) is 2.87. The standard InChI is InChI=1S/C14H21N3O3S/c1-9(2)6-11(14(19)20-3)17-12(18)8-21-13-5-4-10(15)7-16-13/h4-5,7,9,11H,6,8,15H2,1-3H3,(H,17,18). The van der Waals surface area contributed by atoms with E-state index < -0.39 is 12.0 Å². The first kappa shape index (κ1) is 17.3. The van der Waals surface area contributed by atoms with E-state index >= 15 is 0 Å². The van der Waals surface area contributed by atoms with Gasteiger partial charge in [-0.3, -0.25) is 4.79 Å². The van der Waals surface area contributed by atoms with E-state index in [0.29, 0.717) is 17.1 Å². The Morgan fingerprint density at radius 2 is 2.14 bits per heavy atom. The number of aromatic nitrogens is 1. The van der Waals surface area contributed by atoms with Gasteiger partial charge in [-0.25, -0.2) is 9.78 Å². The number of pyridine rings is 1. The second-order valence-corrected chi connectivity index (χ2v) is 5.99. The molecular formula is C14H21N3O3S. The van der Waals surface area contributed by atoms with Crippen LogP contribution in [0.15, 0.2) is 23.4 Å². The molecule has 1 heterocycles. The Kier molecular flexibility index (Phi) is 7.01. The molecule has 0 bridgehead atoms. The third-order valence-electron chi connectivity index (χ3n) is 2.64. The van der Waals surface area contributed by atoms with Crippen molar-refractivity contribution in [2.45, 2.75) is 31.3 Å². The van der Waals surface area contributed by atoms with E-state index in [4.69, 9.17) is 10.5 Å². The zero-order valence-corrected chi connectivity index (χ0v) is 13.3. The van der Waals surface area contributed by atoms with Gasteiger partial charge in [-0.05, 0) is 24.5 Å². The summed E-state index contributed by atoms with van der Waals surface area (Å²) in [5, 5.41) is 3.40. The lowest BCUT2D eigenvalue weighted by Gasteiger charge is -2.18. The molecule has 1 rings (SSSR count). The summed E-state index contributed by atoms with van der Waals surface area (Å²) in [5.74, 6) is -0.189. The fourth-order valence-corrected chi connectivity index (χ4v) is 2.33. The van der Waals surface area contributed by atoms with Crippen molar-refractivity contribution in [2.75, 3.05) is 18.6 Å². The van der Waals surface area contributed by atoms with E-state index in [0.717, 1.165) is 0 Å². The van der Waals surface area contributed by atoms with Crippen molar-refractivity contribution in [1.82, 2.24) is 10.3 Å². The number of nitrogens with zero attached hydrogens (tertiary/aromatic N) is 1. The highest BCUT2D eigenvalue weighted by molar-refractivity contribution is 7.99. The maximum absolute atomic E-state index is 11.9. The van der Waals surface area contributed by atoms with Gasteiger partial charge < -0.3 is 15.8 Å². The number of ether oxygens (including phenoxy) is 1. The van der Waals surface area contributed by atoms with Gasteiger partial charge in [0, 0.05) is 0 Å². The molecule has 0 aliphatic rings. The molecule has 0 radical (unpaired) electrons. The molecule has 1 atom stereocenters. The average molecular weight is 311 g/mol. The number of thioether (sulfide) groups is 1. The van der Waals surface area contributed by atoms with Gasteiger partial charge >= 0.3 is 5.97 Å². The van der Waals surface area contributed by atoms with Crippen LogP contribution in [0.1, 0.15) is 20.3 Å². The number of carbonyl (C=O) groups is 2. The number of nitrogens with one attached hydrogen (secondary N) is 1. The molecule has 21 heavy (non-hydrogen) atoms. The molecule has 7 heteroatoms.